The highest BCUT2D eigenvalue weighted by atomic mass is 32.2. The Morgan fingerprint density at radius 2 is 0.812 bits per heavy atom. The van der Waals surface area contributed by atoms with Crippen molar-refractivity contribution >= 4 is 42.8 Å². The smallest absolute Gasteiger partial charge is 0.271 e. The molecule has 0 saturated heterocycles. The first-order valence-electron chi connectivity index (χ1n) is 29.0. The molecule has 80 heavy (non-hydrogen) atoms. The zero-order chi connectivity index (χ0) is 59.2. The normalized spacial score (nSPS) is 13.8. The third-order valence-electron chi connectivity index (χ3n) is 15.5. The Morgan fingerprint density at radius 3 is 1.07 bits per heavy atom. The third-order valence-corrected chi connectivity index (χ3v) is 19.2. The van der Waals surface area contributed by atoms with Crippen molar-refractivity contribution in [1.82, 2.24) is 17.7 Å². The molecule has 2 aromatic carbocycles. The maximum Gasteiger partial charge on any atom is 0.271 e. The van der Waals surface area contributed by atoms with Gasteiger partial charge in [0, 0.05) is 50.4 Å². The van der Waals surface area contributed by atoms with E-state index in [-0.39, 0.29) is 67.3 Å². The second-order valence-corrected chi connectivity index (χ2v) is 25.1. The Hall–Kier alpha value is -6.06. The zero-order valence-electron chi connectivity index (χ0n) is 49.1. The summed E-state index contributed by atoms with van der Waals surface area (Å²) < 4.78 is 62.9. The first-order valence-corrected chi connectivity index (χ1v) is 31.9. The molecule has 4 atom stereocenters. The maximum absolute atomic E-state index is 14.5. The predicted molar refractivity (Wildman–Crippen MR) is 316 cm³/mol. The molecular formula is C60H88N10O8S2. The highest BCUT2D eigenvalue weighted by molar-refractivity contribution is 7.89. The number of nitriles is 2. The van der Waals surface area contributed by atoms with Crippen LogP contribution in [0, 0.1) is 60.2 Å². The lowest BCUT2D eigenvalue weighted by Gasteiger charge is -2.30. The van der Waals surface area contributed by atoms with Gasteiger partial charge >= 0.3 is 0 Å². The summed E-state index contributed by atoms with van der Waals surface area (Å²) >= 11 is 0. The number of unbranched alkanes of at least 4 members (excludes halogenated alkanes) is 4. The molecule has 0 aliphatic heterocycles. The topological polar surface area (TPSA) is 256 Å². The molecule has 2 aromatic heterocycles. The highest BCUT2D eigenvalue weighted by Crippen LogP contribution is 2.36. The van der Waals surface area contributed by atoms with Crippen LogP contribution in [0.2, 0.25) is 0 Å². The molecule has 0 fully saturated rings. The number of aromatic hydroxyl groups is 2. The summed E-state index contributed by atoms with van der Waals surface area (Å²) in [6, 6.07) is 15.7. The monoisotopic (exact) mass is 1140 g/mol. The molecule has 2 heterocycles. The Morgan fingerprint density at radius 1 is 0.512 bits per heavy atom. The van der Waals surface area contributed by atoms with Gasteiger partial charge in [-0.2, -0.15) is 29.4 Å². The Labute approximate surface area is 476 Å². The van der Waals surface area contributed by atoms with E-state index < -0.39 is 67.1 Å². The van der Waals surface area contributed by atoms with E-state index in [0.717, 1.165) is 112 Å². The van der Waals surface area contributed by atoms with Gasteiger partial charge in [-0.25, -0.2) is 16.8 Å². The van der Waals surface area contributed by atoms with Gasteiger partial charge in [0.15, 0.2) is 11.4 Å². The maximum atomic E-state index is 14.5. The third kappa shape index (κ3) is 17.2. The standard InChI is InChI=1S/C60H88N10O8S2/c1-11-19-25-45(15-5)39-67(40-46(16-6)26-20-12-2)79(75,76)51-31-23-29-49(35-51)63-65-55-43(9)53(37-61)57(71)69(59(55)73)33-34-70-58(72)54(38-62)44(10)56(60(70)74)66-64-50-30-24-32-52(36-50)80(77,78)68(41-47(17-7)27-21-13-3)42-48(18-8)28-22-14-4/h23-24,29-32,35-36,45-48,73-74H,11-22,25-28,33-34,39-42H2,1-10H3/b65-63+,66-64+. The molecule has 4 unspecified atom stereocenters. The van der Waals surface area contributed by atoms with E-state index >= 15 is 0 Å². The van der Waals surface area contributed by atoms with Crippen LogP contribution >= 0.6 is 0 Å². The van der Waals surface area contributed by atoms with Gasteiger partial charge in [0.1, 0.15) is 23.3 Å². The number of sulfonamides is 2. The molecule has 0 bridgehead atoms. The van der Waals surface area contributed by atoms with Gasteiger partial charge in [-0.15, -0.1) is 10.2 Å². The van der Waals surface area contributed by atoms with E-state index in [1.807, 2.05) is 12.1 Å². The van der Waals surface area contributed by atoms with Crippen molar-refractivity contribution in [2.45, 2.75) is 195 Å². The van der Waals surface area contributed by atoms with Crippen molar-refractivity contribution in [2.24, 2.45) is 44.1 Å². The zero-order valence-corrected chi connectivity index (χ0v) is 50.8. The minimum Gasteiger partial charge on any atom is -0.493 e. The first kappa shape index (κ1) is 66.5. The Kier molecular flexibility index (Phi) is 26.9. The number of aromatic nitrogens is 2. The van der Waals surface area contributed by atoms with E-state index in [9.17, 15) is 47.2 Å². The number of azo groups is 2. The van der Waals surface area contributed by atoms with Crippen LogP contribution in [0.15, 0.2) is 88.4 Å². The minimum atomic E-state index is -4.01. The average Bonchev–Trinajstić information content (AvgIpc) is 3.45. The van der Waals surface area contributed by atoms with Crippen LogP contribution in [0.3, 0.4) is 0 Å². The van der Waals surface area contributed by atoms with E-state index in [0.29, 0.717) is 26.2 Å². The van der Waals surface area contributed by atoms with Crippen molar-refractivity contribution in [3.8, 4) is 23.9 Å². The molecule has 4 aromatic rings. The van der Waals surface area contributed by atoms with Gasteiger partial charge in [0.25, 0.3) is 11.1 Å². The fourth-order valence-corrected chi connectivity index (χ4v) is 13.3. The summed E-state index contributed by atoms with van der Waals surface area (Å²) in [6.45, 7) is 20.1. The molecular weight excluding hydrogens is 1050 g/mol. The molecule has 0 radical (unpaired) electrons. The van der Waals surface area contributed by atoms with Crippen LogP contribution in [0.1, 0.15) is 180 Å². The van der Waals surface area contributed by atoms with Gasteiger partial charge < -0.3 is 10.2 Å². The lowest BCUT2D eigenvalue weighted by Crippen LogP contribution is -2.39. The summed E-state index contributed by atoms with van der Waals surface area (Å²) in [7, 11) is -8.02. The average molecular weight is 1140 g/mol. The fourth-order valence-electron chi connectivity index (χ4n) is 10.0. The van der Waals surface area contributed by atoms with E-state index in [2.05, 4.69) is 75.8 Å². The molecule has 0 aliphatic rings. The van der Waals surface area contributed by atoms with E-state index in [4.69, 9.17) is 0 Å². The van der Waals surface area contributed by atoms with Gasteiger partial charge in [-0.3, -0.25) is 18.7 Å². The van der Waals surface area contributed by atoms with Gasteiger partial charge in [0.05, 0.1) is 21.2 Å². The molecule has 0 aliphatic carbocycles. The Bertz CT molecular complexity index is 2930. The predicted octanol–water partition coefficient (Wildman–Crippen LogP) is 14.2. The summed E-state index contributed by atoms with van der Waals surface area (Å²) in [4.78, 5) is 27.7. The Balaban J connectivity index is 1.73. The molecule has 0 saturated carbocycles. The molecule has 2 N–H and O–H groups in total. The van der Waals surface area contributed by atoms with Gasteiger partial charge in [0.2, 0.25) is 31.8 Å². The van der Waals surface area contributed by atoms with E-state index in [1.165, 1.54) is 38.1 Å². The SMILES string of the molecule is CCCCC(CC)CN(CC(CC)CCCC)S(=O)(=O)c1cccc(/N=N/c2c(C)c(C#N)c(=O)n(CCn3c(O)c(/N=N/c4cccc(S(=O)(=O)N(CC(CC)CCCC)CC(CC)CCCC)c4)c(C)c(C#N)c3=O)c2O)c1. The fraction of sp³-hybridized carbons (Fsp3) is 0.600. The number of benzene rings is 2. The second kappa shape index (κ2) is 32.4. The lowest BCUT2D eigenvalue weighted by atomic mass is 9.97. The van der Waals surface area contributed by atoms with Crippen LogP contribution < -0.4 is 11.1 Å². The van der Waals surface area contributed by atoms with Crippen molar-refractivity contribution in [3.05, 3.63) is 91.5 Å². The summed E-state index contributed by atoms with van der Waals surface area (Å²) in [5.41, 5.74) is -2.98. The molecule has 438 valence electrons. The van der Waals surface area contributed by atoms with Crippen LogP contribution in [0.5, 0.6) is 11.8 Å². The second-order valence-electron chi connectivity index (χ2n) is 21.2. The molecule has 0 spiro atoms. The van der Waals surface area contributed by atoms with E-state index in [1.54, 1.807) is 32.9 Å². The summed E-state index contributed by atoms with van der Waals surface area (Å²) in [5, 5.41) is 60.8. The van der Waals surface area contributed by atoms with Crippen molar-refractivity contribution in [1.29, 1.82) is 10.5 Å². The largest absolute Gasteiger partial charge is 0.493 e. The molecule has 18 nitrogen and oxygen atoms in total. The van der Waals surface area contributed by atoms with Crippen LogP contribution in [-0.4, -0.2) is 71.0 Å². The van der Waals surface area contributed by atoms with Crippen molar-refractivity contribution in [2.75, 3.05) is 26.2 Å². The molecule has 20 heteroatoms. The lowest BCUT2D eigenvalue weighted by molar-refractivity contribution is 0.270. The van der Waals surface area contributed by atoms with Crippen LogP contribution in [-0.2, 0) is 33.1 Å². The number of pyridine rings is 2. The summed E-state index contributed by atoms with van der Waals surface area (Å²) in [6.07, 6.45) is 15.0. The van der Waals surface area contributed by atoms with Crippen molar-refractivity contribution < 1.29 is 27.0 Å². The number of hydrogen-bond donors (Lipinski definition) is 2. The highest BCUT2D eigenvalue weighted by Gasteiger charge is 2.31. The minimum absolute atomic E-state index is 0.0102. The van der Waals surface area contributed by atoms with Gasteiger partial charge in [-0.05, 0) is 99.6 Å². The van der Waals surface area contributed by atoms with Crippen molar-refractivity contribution in [3.63, 3.8) is 0 Å². The summed E-state index contributed by atoms with van der Waals surface area (Å²) in [5.74, 6) is -0.739. The number of nitrogens with zero attached hydrogens (tertiary/aromatic N) is 10. The first-order chi connectivity index (χ1) is 38.3. The number of hydrogen-bond acceptors (Lipinski definition) is 14. The van der Waals surface area contributed by atoms with Crippen LogP contribution in [0.4, 0.5) is 22.7 Å². The van der Waals surface area contributed by atoms with Crippen LogP contribution in [0.25, 0.3) is 0 Å². The number of rotatable bonds is 35. The molecule has 4 rings (SSSR count). The quantitative estimate of drug-likeness (QED) is 0.0412. The van der Waals surface area contributed by atoms with Gasteiger partial charge in [-0.1, -0.05) is 145 Å². The molecule has 0 amide bonds.